The number of thiophene rings is 1. The molecule has 0 bridgehead atoms. The highest BCUT2D eigenvalue weighted by Crippen LogP contribution is 2.28. The highest BCUT2D eigenvalue weighted by Gasteiger charge is 1.97. The lowest BCUT2D eigenvalue weighted by molar-refractivity contribution is -0.118. The van der Waals surface area contributed by atoms with E-state index in [9.17, 15) is 4.79 Å². The van der Waals surface area contributed by atoms with Crippen molar-refractivity contribution < 1.29 is 4.79 Å². The fourth-order valence-electron chi connectivity index (χ4n) is 0.795. The van der Waals surface area contributed by atoms with Gasteiger partial charge in [-0.25, -0.2) is 0 Å². The lowest BCUT2D eigenvalue weighted by atomic mass is 10.1. The van der Waals surface area contributed by atoms with E-state index in [1.807, 2.05) is 11.4 Å². The maximum atomic E-state index is 10.1. The van der Waals surface area contributed by atoms with E-state index < -0.39 is 0 Å². The molecule has 1 aromatic rings. The Hall–Kier alpha value is -0.230. The summed E-state index contributed by atoms with van der Waals surface area (Å²) in [6, 6.07) is 1.83. The molecule has 0 aliphatic rings. The van der Waals surface area contributed by atoms with Crippen LogP contribution >= 0.6 is 34.9 Å². The van der Waals surface area contributed by atoms with Crippen molar-refractivity contribution in [1.82, 2.24) is 0 Å². The normalized spacial score (nSPS) is 9.81. The minimum absolute atomic E-state index is 0.196. The first-order chi connectivity index (χ1) is 7.47. The van der Waals surface area contributed by atoms with Crippen LogP contribution in [0.5, 0.6) is 0 Å². The van der Waals surface area contributed by atoms with Crippen molar-refractivity contribution in [1.29, 1.82) is 0 Å². The number of nitrogens with two attached hydrogens (primary N) is 2. The molecule has 0 aromatic carbocycles. The second-order valence-electron chi connectivity index (χ2n) is 3.57. The van der Waals surface area contributed by atoms with Gasteiger partial charge >= 0.3 is 0 Å². The first-order valence-corrected chi connectivity index (χ1v) is 6.99. The second kappa shape index (κ2) is 8.87. The third kappa shape index (κ3) is 7.98. The number of carbonyl (C=O) groups excluding carboxylic acids is 1. The summed E-state index contributed by atoms with van der Waals surface area (Å²) in [4.78, 5) is 10.1. The molecule has 4 N–H and O–H groups in total. The summed E-state index contributed by atoms with van der Waals surface area (Å²) in [5.41, 5.74) is 4.90. The number of carbonyl (C=O) groups is 1. The lowest BCUT2D eigenvalue weighted by Gasteiger charge is -1.98. The Kier molecular flexibility index (Phi) is 8.74. The Morgan fingerprint density at radius 3 is 2.44 bits per heavy atom. The van der Waals surface area contributed by atoms with Gasteiger partial charge in [0, 0.05) is 6.42 Å². The molecule has 0 spiro atoms. The molecule has 3 nitrogen and oxygen atoms in total. The lowest BCUT2D eigenvalue weighted by Crippen LogP contribution is -2.10. The van der Waals surface area contributed by atoms with Gasteiger partial charge in [0.05, 0.1) is 9.23 Å². The summed E-state index contributed by atoms with van der Waals surface area (Å²) in [6.07, 6.45) is 1.44. The Morgan fingerprint density at radius 1 is 1.62 bits per heavy atom. The van der Waals surface area contributed by atoms with Gasteiger partial charge in [0.25, 0.3) is 0 Å². The smallest absolute Gasteiger partial charge is 0.217 e. The second-order valence-corrected chi connectivity index (χ2v) is 5.80. The van der Waals surface area contributed by atoms with E-state index in [0.29, 0.717) is 12.3 Å². The van der Waals surface area contributed by atoms with Gasteiger partial charge in [0.2, 0.25) is 5.91 Å². The Bertz CT molecular complexity index is 316. The van der Waals surface area contributed by atoms with E-state index in [1.54, 1.807) is 11.3 Å². The summed E-state index contributed by atoms with van der Waals surface area (Å²) in [5, 5.41) is 7.90. The molecule has 1 heterocycles. The molecular formula is C10H17ClN2OS2. The van der Waals surface area contributed by atoms with Crippen molar-refractivity contribution in [2.45, 2.75) is 30.9 Å². The zero-order valence-corrected chi connectivity index (χ0v) is 11.8. The van der Waals surface area contributed by atoms with Crippen LogP contribution in [0.25, 0.3) is 0 Å². The predicted octanol–water partition coefficient (Wildman–Crippen LogP) is 3.28. The number of halogens is 1. The van der Waals surface area contributed by atoms with Crippen LogP contribution in [-0.4, -0.2) is 5.91 Å². The predicted molar refractivity (Wildman–Crippen MR) is 72.6 cm³/mol. The van der Waals surface area contributed by atoms with Gasteiger partial charge in [-0.1, -0.05) is 25.4 Å². The van der Waals surface area contributed by atoms with Gasteiger partial charge in [-0.05, 0) is 35.7 Å². The van der Waals surface area contributed by atoms with Crippen LogP contribution in [0.4, 0.5) is 0 Å². The van der Waals surface area contributed by atoms with E-state index in [2.05, 4.69) is 13.8 Å². The van der Waals surface area contributed by atoms with E-state index in [1.165, 1.54) is 11.9 Å². The van der Waals surface area contributed by atoms with Crippen LogP contribution in [-0.2, 0) is 4.79 Å². The van der Waals surface area contributed by atoms with Crippen molar-refractivity contribution in [3.8, 4) is 0 Å². The number of amides is 1. The van der Waals surface area contributed by atoms with Crippen LogP contribution in [0.1, 0.15) is 26.7 Å². The molecule has 1 amide bonds. The van der Waals surface area contributed by atoms with Gasteiger partial charge in [-0.2, -0.15) is 0 Å². The summed E-state index contributed by atoms with van der Waals surface area (Å²) >= 11 is 8.39. The molecule has 16 heavy (non-hydrogen) atoms. The standard InChI is InChI=1S/C6H13NO.C4H4ClNS2/c1-5(2)3-4-6(7)8;5-3-1-2-7-4(3)8-6/h5H,3-4H2,1-2H3,(H2,7,8);1-2H,6H2. The van der Waals surface area contributed by atoms with Gasteiger partial charge in [-0.15, -0.1) is 11.3 Å². The first-order valence-electron chi connectivity index (χ1n) is 4.85. The average molecular weight is 281 g/mol. The molecule has 6 heteroatoms. The molecule has 0 radical (unpaired) electrons. The number of rotatable bonds is 4. The molecule has 0 aliphatic heterocycles. The van der Waals surface area contributed by atoms with Gasteiger partial charge in [0.1, 0.15) is 0 Å². The zero-order chi connectivity index (χ0) is 12.6. The van der Waals surface area contributed by atoms with Crippen LogP contribution in [0.2, 0.25) is 5.02 Å². The highest BCUT2D eigenvalue weighted by atomic mass is 35.5. The van der Waals surface area contributed by atoms with E-state index in [4.69, 9.17) is 22.5 Å². The van der Waals surface area contributed by atoms with Crippen LogP contribution in [0.15, 0.2) is 15.7 Å². The van der Waals surface area contributed by atoms with Gasteiger partial charge in [0.15, 0.2) is 0 Å². The van der Waals surface area contributed by atoms with Gasteiger partial charge in [-0.3, -0.25) is 9.93 Å². The minimum atomic E-state index is -0.196. The van der Waals surface area contributed by atoms with Crippen molar-refractivity contribution in [3.63, 3.8) is 0 Å². The maximum Gasteiger partial charge on any atom is 0.217 e. The fraction of sp³-hybridized carbons (Fsp3) is 0.500. The Labute approximate surface area is 110 Å². The summed E-state index contributed by atoms with van der Waals surface area (Å²) in [7, 11) is 0. The van der Waals surface area contributed by atoms with Crippen molar-refractivity contribution in [2.75, 3.05) is 0 Å². The molecule has 0 saturated carbocycles. The summed E-state index contributed by atoms with van der Waals surface area (Å²) < 4.78 is 0.978. The third-order valence-corrected chi connectivity index (χ3v) is 3.92. The van der Waals surface area contributed by atoms with Crippen molar-refractivity contribution in [3.05, 3.63) is 16.5 Å². The molecule has 0 fully saturated rings. The monoisotopic (exact) mass is 280 g/mol. The fourth-order valence-corrected chi connectivity index (χ4v) is 2.28. The zero-order valence-electron chi connectivity index (χ0n) is 9.40. The van der Waals surface area contributed by atoms with E-state index >= 15 is 0 Å². The van der Waals surface area contributed by atoms with Crippen LogP contribution in [0, 0.1) is 5.92 Å². The number of hydrogen-bond donors (Lipinski definition) is 2. The molecular weight excluding hydrogens is 264 g/mol. The average Bonchev–Trinajstić information content (AvgIpc) is 2.61. The maximum absolute atomic E-state index is 10.1. The third-order valence-electron chi connectivity index (χ3n) is 1.66. The number of primary amides is 1. The van der Waals surface area contributed by atoms with Crippen LogP contribution < -0.4 is 10.9 Å². The SMILES string of the molecule is CC(C)CCC(N)=O.NSc1sccc1Cl. The van der Waals surface area contributed by atoms with Gasteiger partial charge < -0.3 is 5.73 Å². The Balaban J connectivity index is 0.000000281. The minimum Gasteiger partial charge on any atom is -0.370 e. The van der Waals surface area contributed by atoms with Crippen LogP contribution in [0.3, 0.4) is 0 Å². The highest BCUT2D eigenvalue weighted by molar-refractivity contribution is 7.99. The van der Waals surface area contributed by atoms with Crippen molar-refractivity contribution in [2.24, 2.45) is 16.8 Å². The summed E-state index contributed by atoms with van der Waals surface area (Å²) in [5.74, 6) is 0.390. The molecule has 1 rings (SSSR count). The summed E-state index contributed by atoms with van der Waals surface area (Å²) in [6.45, 7) is 4.14. The number of hydrogen-bond acceptors (Lipinski definition) is 4. The van der Waals surface area contributed by atoms with Crippen molar-refractivity contribution >= 4 is 40.8 Å². The van der Waals surface area contributed by atoms with E-state index in [-0.39, 0.29) is 5.91 Å². The molecule has 0 unspecified atom stereocenters. The Morgan fingerprint density at radius 2 is 2.25 bits per heavy atom. The quantitative estimate of drug-likeness (QED) is 0.832. The largest absolute Gasteiger partial charge is 0.370 e. The molecule has 0 aliphatic carbocycles. The molecule has 1 aromatic heterocycles. The van der Waals surface area contributed by atoms with E-state index in [0.717, 1.165) is 15.7 Å². The topological polar surface area (TPSA) is 69.1 Å². The molecule has 92 valence electrons. The first kappa shape index (κ1) is 15.8. The molecule has 0 atom stereocenters. The molecule has 0 saturated heterocycles.